The smallest absolute Gasteiger partial charge is 0.320 e. The van der Waals surface area contributed by atoms with Crippen molar-refractivity contribution in [2.75, 3.05) is 0 Å². The number of nitrogens with zero attached hydrogens (tertiary/aromatic N) is 4. The van der Waals surface area contributed by atoms with Crippen LogP contribution in [0, 0.1) is 11.3 Å². The highest BCUT2D eigenvalue weighted by atomic mass is 32.2. The number of halogens is 3. The van der Waals surface area contributed by atoms with E-state index in [0.717, 1.165) is 42.8 Å². The second-order valence-corrected chi connectivity index (χ2v) is 11.3. The first-order valence-electron chi connectivity index (χ1n) is 11.1. The largest absolute Gasteiger partial charge is 0.404 e. The van der Waals surface area contributed by atoms with Gasteiger partial charge in [0.05, 0.1) is 17.0 Å². The molecule has 1 N–H and O–H groups in total. The molecule has 0 amide bonds. The topological polar surface area (TPSA) is 101 Å². The van der Waals surface area contributed by atoms with Gasteiger partial charge >= 0.3 is 6.18 Å². The van der Waals surface area contributed by atoms with Crippen LogP contribution >= 0.6 is 11.3 Å². The van der Waals surface area contributed by atoms with E-state index in [9.17, 15) is 26.9 Å². The Hall–Kier alpha value is -3.27. The van der Waals surface area contributed by atoms with Gasteiger partial charge in [0.15, 0.2) is 0 Å². The molecule has 0 spiro atoms. The number of rotatable bonds is 6. The van der Waals surface area contributed by atoms with E-state index >= 15 is 0 Å². The highest BCUT2D eigenvalue weighted by Gasteiger charge is 2.39. The average molecular weight is 532 g/mol. The molecule has 5 rings (SSSR count). The number of nitriles is 1. The van der Waals surface area contributed by atoms with Gasteiger partial charge in [-0.25, -0.2) is 13.4 Å². The van der Waals surface area contributed by atoms with E-state index in [0.29, 0.717) is 28.0 Å². The normalized spacial score (nSPS) is 15.5. The lowest BCUT2D eigenvalue weighted by Crippen LogP contribution is -2.42. The molecule has 0 unspecified atom stereocenters. The first-order valence-corrected chi connectivity index (χ1v) is 13.5. The van der Waals surface area contributed by atoms with Crippen LogP contribution in [-0.2, 0) is 10.0 Å². The molecule has 36 heavy (non-hydrogen) atoms. The van der Waals surface area contributed by atoms with Crippen molar-refractivity contribution in [1.82, 2.24) is 19.3 Å². The summed E-state index contributed by atoms with van der Waals surface area (Å²) >= 11 is 1.56. The summed E-state index contributed by atoms with van der Waals surface area (Å²) in [5, 5.41) is 12.7. The van der Waals surface area contributed by atoms with Crippen LogP contribution in [0.25, 0.3) is 32.9 Å². The average Bonchev–Trinajstić information content (AvgIpc) is 3.44. The second kappa shape index (κ2) is 8.99. The summed E-state index contributed by atoms with van der Waals surface area (Å²) in [4.78, 5) is 9.57. The molecule has 4 aromatic heterocycles. The molecule has 0 radical (unpaired) electrons. The van der Waals surface area contributed by atoms with E-state index < -0.39 is 27.1 Å². The SMILES string of the molecule is C[C@H](NS(=O)(=O)c1ccc(-c2c(C#N)c3cc(-c4cccs4)cnc3n2C2CCC2)nc1)C(F)(F)F. The van der Waals surface area contributed by atoms with Gasteiger partial charge < -0.3 is 4.57 Å². The van der Waals surface area contributed by atoms with Crippen molar-refractivity contribution in [2.24, 2.45) is 0 Å². The third-order valence-corrected chi connectivity index (χ3v) is 8.76. The summed E-state index contributed by atoms with van der Waals surface area (Å²) in [6, 6.07) is 8.57. The molecular weight excluding hydrogens is 511 g/mol. The quantitative estimate of drug-likeness (QED) is 0.346. The molecule has 0 aromatic carbocycles. The van der Waals surface area contributed by atoms with E-state index in [4.69, 9.17) is 0 Å². The van der Waals surface area contributed by atoms with Crippen LogP contribution in [-0.4, -0.2) is 35.2 Å². The molecule has 186 valence electrons. The first-order chi connectivity index (χ1) is 17.1. The highest BCUT2D eigenvalue weighted by Crippen LogP contribution is 2.42. The van der Waals surface area contributed by atoms with E-state index in [2.05, 4.69) is 16.0 Å². The van der Waals surface area contributed by atoms with Crippen LogP contribution in [0.5, 0.6) is 0 Å². The van der Waals surface area contributed by atoms with Crippen molar-refractivity contribution in [3.63, 3.8) is 0 Å². The Morgan fingerprint density at radius 2 is 2.00 bits per heavy atom. The number of sulfonamides is 1. The molecule has 0 bridgehead atoms. The zero-order chi connectivity index (χ0) is 25.7. The van der Waals surface area contributed by atoms with Crippen LogP contribution in [0.15, 0.2) is 53.0 Å². The van der Waals surface area contributed by atoms with E-state index in [1.54, 1.807) is 22.3 Å². The summed E-state index contributed by atoms with van der Waals surface area (Å²) < 4.78 is 67.1. The van der Waals surface area contributed by atoms with Gasteiger partial charge in [-0.1, -0.05) is 6.07 Å². The van der Waals surface area contributed by atoms with E-state index in [-0.39, 0.29) is 6.04 Å². The Bertz CT molecular complexity index is 1570. The molecular formula is C24H20F3N5O2S2. The predicted molar refractivity (Wildman–Crippen MR) is 130 cm³/mol. The standard InChI is InChI=1S/C24H20F3N5O2S2/c1-14(24(25,26)27)31-36(33,34)17-7-8-20(29-13-17)22-19(11-28)18-10-15(21-6-3-9-35-21)12-30-23(18)32(22)16-4-2-5-16/h3,6-10,12-14,16,31H,2,4-5H2,1H3/t14-/m0/s1. The molecule has 7 nitrogen and oxygen atoms in total. The zero-order valence-corrected chi connectivity index (χ0v) is 20.6. The molecule has 12 heteroatoms. The minimum absolute atomic E-state index is 0.115. The van der Waals surface area contributed by atoms with Crippen molar-refractivity contribution in [3.05, 3.63) is 53.7 Å². The number of pyridine rings is 2. The number of hydrogen-bond acceptors (Lipinski definition) is 6. The minimum Gasteiger partial charge on any atom is -0.320 e. The van der Waals surface area contributed by atoms with Gasteiger partial charge in [-0.2, -0.15) is 23.2 Å². The van der Waals surface area contributed by atoms with Crippen molar-refractivity contribution in [3.8, 4) is 27.9 Å². The van der Waals surface area contributed by atoms with E-state index in [1.807, 2.05) is 28.1 Å². The summed E-state index contributed by atoms with van der Waals surface area (Å²) in [5.74, 6) is 0. The Morgan fingerprint density at radius 3 is 2.56 bits per heavy atom. The Labute approximate surface area is 209 Å². The number of alkyl halides is 3. The predicted octanol–water partition coefficient (Wildman–Crippen LogP) is 5.65. The number of thiophene rings is 1. The van der Waals surface area contributed by atoms with Gasteiger partial charge in [0.2, 0.25) is 10.0 Å². The number of aromatic nitrogens is 3. The van der Waals surface area contributed by atoms with Gasteiger partial charge in [-0.3, -0.25) is 4.98 Å². The molecule has 1 aliphatic carbocycles. The molecule has 1 atom stereocenters. The molecule has 1 saturated carbocycles. The lowest BCUT2D eigenvalue weighted by molar-refractivity contribution is -0.147. The second-order valence-electron chi connectivity index (χ2n) is 8.63. The summed E-state index contributed by atoms with van der Waals surface area (Å²) in [7, 11) is -4.45. The maximum atomic E-state index is 12.9. The number of fused-ring (bicyclic) bond motifs is 1. The van der Waals surface area contributed by atoms with Crippen LogP contribution in [0.3, 0.4) is 0 Å². The molecule has 4 heterocycles. The molecule has 1 fully saturated rings. The lowest BCUT2D eigenvalue weighted by atomic mass is 9.92. The van der Waals surface area contributed by atoms with Crippen molar-refractivity contribution in [1.29, 1.82) is 5.26 Å². The molecule has 4 aromatic rings. The van der Waals surface area contributed by atoms with Crippen LogP contribution < -0.4 is 4.72 Å². The number of nitrogens with one attached hydrogen (secondary N) is 1. The Morgan fingerprint density at radius 1 is 1.22 bits per heavy atom. The Balaban J connectivity index is 1.61. The number of hydrogen-bond donors (Lipinski definition) is 1. The zero-order valence-electron chi connectivity index (χ0n) is 19.0. The van der Waals surface area contributed by atoms with Gasteiger partial charge in [-0.05, 0) is 55.8 Å². The van der Waals surface area contributed by atoms with Gasteiger partial charge in [0, 0.05) is 34.3 Å². The van der Waals surface area contributed by atoms with Crippen LogP contribution in [0.2, 0.25) is 0 Å². The first kappa shape index (κ1) is 24.4. The van der Waals surface area contributed by atoms with E-state index in [1.165, 1.54) is 12.1 Å². The third kappa shape index (κ3) is 4.27. The van der Waals surface area contributed by atoms with Gasteiger partial charge in [0.1, 0.15) is 22.7 Å². The molecule has 0 aliphatic heterocycles. The van der Waals surface area contributed by atoms with Gasteiger partial charge in [-0.15, -0.1) is 11.3 Å². The van der Waals surface area contributed by atoms with Gasteiger partial charge in [0.25, 0.3) is 0 Å². The fourth-order valence-electron chi connectivity index (χ4n) is 4.18. The summed E-state index contributed by atoms with van der Waals surface area (Å²) in [6.07, 6.45) is 0.900. The minimum atomic E-state index is -4.72. The lowest BCUT2D eigenvalue weighted by Gasteiger charge is -2.29. The van der Waals surface area contributed by atoms with Crippen molar-refractivity contribution in [2.45, 2.75) is 49.3 Å². The fourth-order valence-corrected chi connectivity index (χ4v) is 6.06. The van der Waals surface area contributed by atoms with Crippen molar-refractivity contribution >= 4 is 32.4 Å². The fraction of sp³-hybridized carbons (Fsp3) is 0.292. The maximum Gasteiger partial charge on any atom is 0.404 e. The summed E-state index contributed by atoms with van der Waals surface area (Å²) in [6.45, 7) is 0.729. The van der Waals surface area contributed by atoms with Crippen LogP contribution in [0.1, 0.15) is 37.8 Å². The van der Waals surface area contributed by atoms with Crippen molar-refractivity contribution < 1.29 is 21.6 Å². The summed E-state index contributed by atoms with van der Waals surface area (Å²) in [5.41, 5.74) is 2.76. The highest BCUT2D eigenvalue weighted by molar-refractivity contribution is 7.89. The third-order valence-electron chi connectivity index (χ3n) is 6.31. The monoisotopic (exact) mass is 531 g/mol. The molecule has 0 saturated heterocycles. The van der Waals surface area contributed by atoms with Crippen LogP contribution in [0.4, 0.5) is 13.2 Å². The molecule has 1 aliphatic rings. The maximum absolute atomic E-state index is 12.9. The Kier molecular flexibility index (Phi) is 6.10.